The molecule has 0 aromatic heterocycles. The summed E-state index contributed by atoms with van der Waals surface area (Å²) < 4.78 is 6.31. The molecule has 0 nitrogen and oxygen atoms in total. The quantitative estimate of drug-likeness (QED) is 0.231. The van der Waals surface area contributed by atoms with Crippen LogP contribution >= 0.6 is 0 Å². The van der Waals surface area contributed by atoms with Crippen LogP contribution in [0, 0.1) is 5.92 Å². The van der Waals surface area contributed by atoms with Crippen LogP contribution in [0.3, 0.4) is 0 Å². The number of hydrogen-bond acceptors (Lipinski definition) is 0. The standard InChI is InChI=1S/C25H25.C11H8.C8H11.2ClH.Zr/c1-14-12-24(3,4)22-8-16-7-17-9-23-19(15(2)13-25(23,5)6)11-21(17)20(16)10-18(14)22;1-9-5-4-7-10-6-2-3-8-11(9)10;1-6-4-7(2)8(3)5-6;;;/h8-12H,7H2,1-6H3;1-8H;4,6H,1-3H3;2*1H;/q;;;;;+2/p-2. The van der Waals surface area contributed by atoms with Crippen LogP contribution in [0.2, 0.25) is 0 Å². The molecule has 47 heavy (non-hydrogen) atoms. The van der Waals surface area contributed by atoms with Crippen molar-refractivity contribution in [3.05, 3.63) is 136 Å². The van der Waals surface area contributed by atoms with Gasteiger partial charge in [0.2, 0.25) is 0 Å². The minimum Gasteiger partial charge on any atom is -1.00 e. The summed E-state index contributed by atoms with van der Waals surface area (Å²) in [6.07, 6.45) is 6.02. The molecule has 238 valence electrons. The molecule has 3 heteroatoms. The van der Waals surface area contributed by atoms with Crippen molar-refractivity contribution >= 4 is 25.6 Å². The van der Waals surface area contributed by atoms with E-state index >= 15 is 0 Å². The molecule has 1 atom stereocenters. The maximum Gasteiger partial charge on any atom is -1.00 e. The van der Waals surface area contributed by atoms with Gasteiger partial charge in [0, 0.05) is 0 Å². The molecular weight excluding hydrogens is 691 g/mol. The molecule has 1 unspecified atom stereocenters. The van der Waals surface area contributed by atoms with Crippen LogP contribution in [0.5, 0.6) is 0 Å². The zero-order valence-electron chi connectivity index (χ0n) is 29.1. The normalized spacial score (nSPS) is 19.6. The summed E-state index contributed by atoms with van der Waals surface area (Å²) in [7, 11) is 0. The molecule has 4 aliphatic rings. The molecule has 0 fully saturated rings. The van der Waals surface area contributed by atoms with Crippen LogP contribution in [-0.4, -0.2) is 3.71 Å². The largest absolute Gasteiger partial charge is 1.00 e. The van der Waals surface area contributed by atoms with Crippen LogP contribution in [0.1, 0.15) is 101 Å². The molecule has 0 radical (unpaired) electrons. The van der Waals surface area contributed by atoms with Gasteiger partial charge in [-0.05, 0) is 0 Å². The van der Waals surface area contributed by atoms with Crippen LogP contribution in [0.25, 0.3) is 33.0 Å². The second kappa shape index (κ2) is 11.8. The van der Waals surface area contributed by atoms with E-state index in [2.05, 4.69) is 145 Å². The summed E-state index contributed by atoms with van der Waals surface area (Å²) in [5.74, 6) is 0.505. The van der Waals surface area contributed by atoms with Crippen molar-refractivity contribution in [3.8, 4) is 11.1 Å². The number of halogens is 2. The van der Waals surface area contributed by atoms with Gasteiger partial charge in [0.05, 0.1) is 0 Å². The smallest absolute Gasteiger partial charge is 1.00 e. The predicted molar refractivity (Wildman–Crippen MR) is 192 cm³/mol. The molecule has 0 saturated carbocycles. The van der Waals surface area contributed by atoms with Gasteiger partial charge in [-0.3, -0.25) is 0 Å². The van der Waals surface area contributed by atoms with Gasteiger partial charge in [-0.1, -0.05) is 0 Å². The fourth-order valence-electron chi connectivity index (χ4n) is 9.35. The van der Waals surface area contributed by atoms with Gasteiger partial charge in [0.25, 0.3) is 0 Å². The van der Waals surface area contributed by atoms with E-state index in [0.29, 0.717) is 5.92 Å². The average Bonchev–Trinajstić information content (AvgIpc) is 3.61. The molecule has 4 aliphatic carbocycles. The molecule has 0 bridgehead atoms. The monoisotopic (exact) mass is 732 g/mol. The first-order valence-electron chi connectivity index (χ1n) is 16.7. The predicted octanol–water partition coefficient (Wildman–Crippen LogP) is 5.47. The Labute approximate surface area is 301 Å². The van der Waals surface area contributed by atoms with Gasteiger partial charge in [-0.25, -0.2) is 0 Å². The van der Waals surface area contributed by atoms with E-state index < -0.39 is 21.3 Å². The Morgan fingerprint density at radius 1 is 0.702 bits per heavy atom. The minimum atomic E-state index is -2.57. The van der Waals surface area contributed by atoms with Crippen molar-refractivity contribution in [1.82, 2.24) is 0 Å². The van der Waals surface area contributed by atoms with Crippen molar-refractivity contribution in [2.45, 2.75) is 79.6 Å². The van der Waals surface area contributed by atoms with Gasteiger partial charge >= 0.3 is 279 Å². The Morgan fingerprint density at radius 2 is 1.34 bits per heavy atom. The molecule has 0 amide bonds. The zero-order chi connectivity index (χ0) is 31.6. The van der Waals surface area contributed by atoms with Gasteiger partial charge in [0.15, 0.2) is 0 Å². The number of benzene rings is 4. The third-order valence-corrected chi connectivity index (χ3v) is 20.3. The first kappa shape index (κ1) is 34.3. The minimum absolute atomic E-state index is 0. The molecule has 4 aromatic carbocycles. The Balaban J connectivity index is 0.00000193. The molecule has 0 heterocycles. The Morgan fingerprint density at radius 3 is 2.02 bits per heavy atom. The fourth-order valence-corrected chi connectivity index (χ4v) is 18.3. The Hall–Kier alpha value is -2.57. The van der Waals surface area contributed by atoms with E-state index in [9.17, 15) is 0 Å². The van der Waals surface area contributed by atoms with Crippen LogP contribution in [0.15, 0.2) is 96.6 Å². The first-order valence-corrected chi connectivity index (χ1v) is 20.6. The van der Waals surface area contributed by atoms with E-state index in [1.54, 1.807) is 23.3 Å². The number of fused-ring (bicyclic) bond motifs is 6. The number of allylic oxidation sites excluding steroid dienone is 8. The van der Waals surface area contributed by atoms with Crippen LogP contribution in [0.4, 0.5) is 0 Å². The van der Waals surface area contributed by atoms with Gasteiger partial charge in [-0.2, -0.15) is 0 Å². The van der Waals surface area contributed by atoms with E-state index in [-0.39, 0.29) is 35.6 Å². The van der Waals surface area contributed by atoms with E-state index in [1.807, 2.05) is 0 Å². The summed E-state index contributed by atoms with van der Waals surface area (Å²) in [5.41, 5.74) is 19.5. The molecule has 0 saturated heterocycles. The third kappa shape index (κ3) is 5.06. The van der Waals surface area contributed by atoms with E-state index in [0.717, 1.165) is 6.42 Å². The first-order chi connectivity index (χ1) is 21.4. The maximum absolute atomic E-state index is 2.79. The molecular formula is C44H44Cl2Zr. The Kier molecular flexibility index (Phi) is 8.61. The molecule has 0 N–H and O–H groups in total. The van der Waals surface area contributed by atoms with Crippen LogP contribution in [-0.2, 0) is 38.5 Å². The second-order valence-corrected chi connectivity index (χ2v) is 20.6. The molecule has 4 aromatic rings. The second-order valence-electron chi connectivity index (χ2n) is 15.3. The zero-order valence-corrected chi connectivity index (χ0v) is 33.1. The van der Waals surface area contributed by atoms with E-state index in [1.165, 1.54) is 66.4 Å². The van der Waals surface area contributed by atoms with Gasteiger partial charge < -0.3 is 24.8 Å². The summed E-state index contributed by atoms with van der Waals surface area (Å²) in [4.78, 5) is 0. The number of hydrogen-bond donors (Lipinski definition) is 0. The molecule has 0 spiro atoms. The van der Waals surface area contributed by atoms with Crippen molar-refractivity contribution < 1.29 is 46.1 Å². The van der Waals surface area contributed by atoms with Gasteiger partial charge in [0.1, 0.15) is 0 Å². The van der Waals surface area contributed by atoms with Crippen LogP contribution < -0.4 is 24.8 Å². The van der Waals surface area contributed by atoms with Crippen molar-refractivity contribution in [2.24, 2.45) is 5.92 Å². The van der Waals surface area contributed by atoms with Gasteiger partial charge in [-0.15, -0.1) is 0 Å². The molecule has 8 rings (SSSR count). The summed E-state index contributed by atoms with van der Waals surface area (Å²) in [5, 5.41) is 2.72. The molecule has 0 aliphatic heterocycles. The fraction of sp³-hybridized carbons (Fsp3) is 0.295. The van der Waals surface area contributed by atoms with Crippen molar-refractivity contribution in [2.75, 3.05) is 0 Å². The van der Waals surface area contributed by atoms with E-state index in [4.69, 9.17) is 0 Å². The summed E-state index contributed by atoms with van der Waals surface area (Å²) >= 11 is -2.57. The SMILES string of the molecule is CC1=CC(C)[C]([Zr+2](=[CH]c2cccc3ccccc23)[C]2=C(C)c3cc4c(cc3C2(C)C)Cc2cc3c(cc2-4)C(C)=CC3(C)C)=C1C.[Cl-].[Cl-]. The van der Waals surface area contributed by atoms with Crippen molar-refractivity contribution in [3.63, 3.8) is 0 Å². The number of rotatable bonds is 3. The summed E-state index contributed by atoms with van der Waals surface area (Å²) in [6, 6.07) is 26.1. The average molecular weight is 735 g/mol. The maximum atomic E-state index is 2.79. The topological polar surface area (TPSA) is 0 Å². The Bertz CT molecular complexity index is 2170. The van der Waals surface area contributed by atoms with Crippen molar-refractivity contribution in [1.29, 1.82) is 0 Å². The third-order valence-electron chi connectivity index (χ3n) is 11.6. The summed E-state index contributed by atoms with van der Waals surface area (Å²) in [6.45, 7) is 21.7.